The predicted octanol–water partition coefficient (Wildman–Crippen LogP) is 2.95. The standard InChI is InChI=1S/C20H31N3O2/c1-15(2)19(24)23-13-11-18(12-14-23)22-20(25)21-16(3)9-10-17-7-5-4-6-8-17/h4-8,15-16,18H,9-14H2,1-3H3,(H2,21,22,25)/t16-/m1/s1. The maximum Gasteiger partial charge on any atom is 0.315 e. The molecule has 1 aliphatic rings. The van der Waals surface area contributed by atoms with Crippen molar-refractivity contribution in [3.8, 4) is 0 Å². The number of carbonyl (C=O) groups is 2. The van der Waals surface area contributed by atoms with Gasteiger partial charge in [-0.05, 0) is 38.2 Å². The minimum Gasteiger partial charge on any atom is -0.342 e. The molecule has 5 nitrogen and oxygen atoms in total. The molecule has 2 rings (SSSR count). The molecule has 3 amide bonds. The highest BCUT2D eigenvalue weighted by molar-refractivity contribution is 5.78. The number of hydrogen-bond acceptors (Lipinski definition) is 2. The van der Waals surface area contributed by atoms with Crippen LogP contribution in [0, 0.1) is 5.92 Å². The number of benzene rings is 1. The number of urea groups is 1. The lowest BCUT2D eigenvalue weighted by atomic mass is 10.0. The van der Waals surface area contributed by atoms with E-state index < -0.39 is 0 Å². The molecule has 1 fully saturated rings. The number of likely N-dealkylation sites (tertiary alicyclic amines) is 1. The van der Waals surface area contributed by atoms with Crippen LogP contribution >= 0.6 is 0 Å². The Kier molecular flexibility index (Phi) is 7.29. The van der Waals surface area contributed by atoms with Crippen molar-refractivity contribution in [2.24, 2.45) is 5.92 Å². The molecule has 1 aromatic carbocycles. The number of hydrogen-bond donors (Lipinski definition) is 2. The summed E-state index contributed by atoms with van der Waals surface area (Å²) in [6.45, 7) is 7.34. The fourth-order valence-electron chi connectivity index (χ4n) is 3.16. The molecule has 138 valence electrons. The number of nitrogens with one attached hydrogen (secondary N) is 2. The van der Waals surface area contributed by atoms with Gasteiger partial charge in [0.15, 0.2) is 0 Å². The second-order valence-electron chi connectivity index (χ2n) is 7.30. The summed E-state index contributed by atoms with van der Waals surface area (Å²) in [5.74, 6) is 0.246. The molecule has 1 heterocycles. The van der Waals surface area contributed by atoms with Crippen LogP contribution in [0.3, 0.4) is 0 Å². The summed E-state index contributed by atoms with van der Waals surface area (Å²) >= 11 is 0. The maximum atomic E-state index is 12.2. The Bertz CT molecular complexity index is 551. The van der Waals surface area contributed by atoms with Crippen LogP contribution < -0.4 is 10.6 Å². The second kappa shape index (κ2) is 9.44. The van der Waals surface area contributed by atoms with Gasteiger partial charge >= 0.3 is 6.03 Å². The van der Waals surface area contributed by atoms with Crippen molar-refractivity contribution in [1.82, 2.24) is 15.5 Å². The van der Waals surface area contributed by atoms with E-state index in [4.69, 9.17) is 0 Å². The first-order chi connectivity index (χ1) is 12.0. The summed E-state index contributed by atoms with van der Waals surface area (Å²) in [5.41, 5.74) is 1.29. The van der Waals surface area contributed by atoms with Gasteiger partial charge in [0.2, 0.25) is 5.91 Å². The van der Waals surface area contributed by atoms with Gasteiger partial charge in [-0.2, -0.15) is 0 Å². The van der Waals surface area contributed by atoms with Crippen LogP contribution in [0.4, 0.5) is 4.79 Å². The Morgan fingerprint density at radius 1 is 1.12 bits per heavy atom. The normalized spacial score (nSPS) is 16.6. The fraction of sp³-hybridized carbons (Fsp3) is 0.600. The molecule has 0 aliphatic carbocycles. The Balaban J connectivity index is 1.66. The smallest absolute Gasteiger partial charge is 0.315 e. The van der Waals surface area contributed by atoms with Gasteiger partial charge in [0, 0.05) is 31.1 Å². The van der Waals surface area contributed by atoms with Gasteiger partial charge in [-0.1, -0.05) is 44.2 Å². The first-order valence-electron chi connectivity index (χ1n) is 9.35. The Labute approximate surface area is 151 Å². The van der Waals surface area contributed by atoms with E-state index in [-0.39, 0.29) is 29.9 Å². The first kappa shape index (κ1) is 19.3. The third kappa shape index (κ3) is 6.40. The minimum atomic E-state index is -0.103. The number of amides is 3. The van der Waals surface area contributed by atoms with Crippen LogP contribution in [-0.4, -0.2) is 42.0 Å². The fourth-order valence-corrected chi connectivity index (χ4v) is 3.16. The number of carbonyl (C=O) groups excluding carboxylic acids is 2. The summed E-state index contributed by atoms with van der Waals surface area (Å²) < 4.78 is 0. The molecule has 0 unspecified atom stereocenters. The van der Waals surface area contributed by atoms with Crippen LogP contribution in [-0.2, 0) is 11.2 Å². The predicted molar refractivity (Wildman–Crippen MR) is 100 cm³/mol. The summed E-state index contributed by atoms with van der Waals surface area (Å²) in [6, 6.07) is 10.5. The molecule has 0 bridgehead atoms. The lowest BCUT2D eigenvalue weighted by Crippen LogP contribution is -2.51. The quantitative estimate of drug-likeness (QED) is 0.833. The Morgan fingerprint density at radius 3 is 2.36 bits per heavy atom. The third-order valence-electron chi connectivity index (χ3n) is 4.72. The van der Waals surface area contributed by atoms with Crippen LogP contribution in [0.15, 0.2) is 30.3 Å². The molecule has 0 saturated carbocycles. The summed E-state index contributed by atoms with van der Waals surface area (Å²) in [7, 11) is 0. The van der Waals surface area contributed by atoms with Gasteiger partial charge in [-0.3, -0.25) is 4.79 Å². The summed E-state index contributed by atoms with van der Waals surface area (Å²) in [5, 5.41) is 6.07. The van der Waals surface area contributed by atoms with Crippen molar-refractivity contribution >= 4 is 11.9 Å². The van der Waals surface area contributed by atoms with Gasteiger partial charge < -0.3 is 15.5 Å². The average molecular weight is 345 g/mol. The summed E-state index contributed by atoms with van der Waals surface area (Å²) in [6.07, 6.45) is 3.52. The van der Waals surface area contributed by atoms with Gasteiger partial charge in [0.1, 0.15) is 0 Å². The Morgan fingerprint density at radius 2 is 1.76 bits per heavy atom. The molecule has 0 spiro atoms. The molecule has 1 aromatic rings. The highest BCUT2D eigenvalue weighted by atomic mass is 16.2. The van der Waals surface area contributed by atoms with E-state index in [1.807, 2.05) is 43.9 Å². The molecule has 1 atom stereocenters. The van der Waals surface area contributed by atoms with E-state index in [9.17, 15) is 9.59 Å². The van der Waals surface area contributed by atoms with Crippen LogP contribution in [0.25, 0.3) is 0 Å². The zero-order valence-corrected chi connectivity index (χ0v) is 15.6. The lowest BCUT2D eigenvalue weighted by molar-refractivity contribution is -0.135. The van der Waals surface area contributed by atoms with Gasteiger partial charge in [-0.25, -0.2) is 4.79 Å². The molecule has 2 N–H and O–H groups in total. The van der Waals surface area contributed by atoms with E-state index in [0.29, 0.717) is 0 Å². The van der Waals surface area contributed by atoms with Crippen LogP contribution in [0.2, 0.25) is 0 Å². The topological polar surface area (TPSA) is 61.4 Å². The first-order valence-corrected chi connectivity index (χ1v) is 9.35. The Hall–Kier alpha value is -2.04. The van der Waals surface area contributed by atoms with Crippen molar-refractivity contribution in [3.63, 3.8) is 0 Å². The molecular formula is C20H31N3O2. The number of aryl methyl sites for hydroxylation is 1. The SMILES string of the molecule is CC(C)C(=O)N1CCC(NC(=O)N[C@H](C)CCc2ccccc2)CC1. The highest BCUT2D eigenvalue weighted by Gasteiger charge is 2.25. The van der Waals surface area contributed by atoms with Crippen molar-refractivity contribution in [2.45, 2.75) is 58.5 Å². The average Bonchev–Trinajstić information content (AvgIpc) is 2.60. The van der Waals surface area contributed by atoms with Crippen molar-refractivity contribution in [2.75, 3.05) is 13.1 Å². The van der Waals surface area contributed by atoms with E-state index >= 15 is 0 Å². The van der Waals surface area contributed by atoms with Crippen LogP contribution in [0.1, 0.15) is 45.6 Å². The van der Waals surface area contributed by atoms with Crippen molar-refractivity contribution in [1.29, 1.82) is 0 Å². The van der Waals surface area contributed by atoms with Crippen molar-refractivity contribution in [3.05, 3.63) is 35.9 Å². The van der Waals surface area contributed by atoms with Gasteiger partial charge in [0.25, 0.3) is 0 Å². The number of piperidine rings is 1. The molecule has 5 heteroatoms. The largest absolute Gasteiger partial charge is 0.342 e. The summed E-state index contributed by atoms with van der Waals surface area (Å²) in [4.78, 5) is 26.0. The van der Waals surface area contributed by atoms with E-state index in [2.05, 4.69) is 22.8 Å². The maximum absolute atomic E-state index is 12.2. The van der Waals surface area contributed by atoms with E-state index in [1.54, 1.807) is 0 Å². The number of rotatable bonds is 6. The zero-order chi connectivity index (χ0) is 18.2. The van der Waals surface area contributed by atoms with Gasteiger partial charge in [0.05, 0.1) is 0 Å². The zero-order valence-electron chi connectivity index (χ0n) is 15.6. The lowest BCUT2D eigenvalue weighted by Gasteiger charge is -2.33. The van der Waals surface area contributed by atoms with E-state index in [0.717, 1.165) is 38.8 Å². The molecule has 0 radical (unpaired) electrons. The molecule has 0 aromatic heterocycles. The molecule has 1 saturated heterocycles. The van der Waals surface area contributed by atoms with Crippen LogP contribution in [0.5, 0.6) is 0 Å². The minimum absolute atomic E-state index is 0.0401. The molecule has 1 aliphatic heterocycles. The van der Waals surface area contributed by atoms with Crippen molar-refractivity contribution < 1.29 is 9.59 Å². The highest BCUT2D eigenvalue weighted by Crippen LogP contribution is 2.13. The monoisotopic (exact) mass is 345 g/mol. The third-order valence-corrected chi connectivity index (χ3v) is 4.72. The van der Waals surface area contributed by atoms with Gasteiger partial charge in [-0.15, -0.1) is 0 Å². The molecule has 25 heavy (non-hydrogen) atoms. The number of nitrogens with zero attached hydrogens (tertiary/aromatic N) is 1. The second-order valence-corrected chi connectivity index (χ2v) is 7.30. The van der Waals surface area contributed by atoms with E-state index in [1.165, 1.54) is 5.56 Å². The molecular weight excluding hydrogens is 314 g/mol.